The van der Waals surface area contributed by atoms with E-state index in [0.29, 0.717) is 22.2 Å². The molecule has 5 atom stereocenters. The van der Waals surface area contributed by atoms with Crippen molar-refractivity contribution in [3.05, 3.63) is 41.7 Å². The normalized spacial score (nSPS) is 27.8. The van der Waals surface area contributed by atoms with Gasteiger partial charge in [0.05, 0.1) is 18.3 Å². The lowest BCUT2D eigenvalue weighted by Crippen LogP contribution is -2.55. The first kappa shape index (κ1) is 20.6. The van der Waals surface area contributed by atoms with E-state index in [9.17, 15) is 10.2 Å². The minimum Gasteiger partial charge on any atom is -0.486 e. The Morgan fingerprint density at radius 2 is 2.17 bits per heavy atom. The van der Waals surface area contributed by atoms with E-state index < -0.39 is 24.4 Å². The maximum atomic E-state index is 10.5. The molecule has 2 aromatic rings. The zero-order chi connectivity index (χ0) is 21.1. The summed E-state index contributed by atoms with van der Waals surface area (Å²) in [6, 6.07) is 8.53. The molecule has 0 unspecified atom stereocenters. The van der Waals surface area contributed by atoms with Crippen molar-refractivity contribution in [2.24, 2.45) is 4.99 Å². The van der Waals surface area contributed by atoms with E-state index in [1.807, 2.05) is 6.92 Å². The zero-order valence-electron chi connectivity index (χ0n) is 16.3. The second-order valence-corrected chi connectivity index (χ2v) is 8.01. The fourth-order valence-electron chi connectivity index (χ4n) is 3.33. The summed E-state index contributed by atoms with van der Waals surface area (Å²) in [7, 11) is 0. The third kappa shape index (κ3) is 4.27. The number of nitrogens with zero attached hydrogens (tertiary/aromatic N) is 5. The van der Waals surface area contributed by atoms with Crippen molar-refractivity contribution in [1.29, 1.82) is 5.26 Å². The maximum absolute atomic E-state index is 10.5. The molecule has 1 fully saturated rings. The van der Waals surface area contributed by atoms with Crippen LogP contribution in [0.1, 0.15) is 18.2 Å². The van der Waals surface area contributed by atoms with Gasteiger partial charge in [0.1, 0.15) is 53.9 Å². The van der Waals surface area contributed by atoms with Crippen molar-refractivity contribution in [2.75, 3.05) is 6.54 Å². The van der Waals surface area contributed by atoms with Crippen molar-refractivity contribution in [1.82, 2.24) is 20.3 Å². The molecule has 158 valence electrons. The smallest absolute Gasteiger partial charge is 0.159 e. The van der Waals surface area contributed by atoms with Gasteiger partial charge in [-0.2, -0.15) is 5.26 Å². The molecular weight excluding hydrogens is 408 g/mol. The first-order valence-corrected chi connectivity index (χ1v) is 10.5. The molecule has 2 aliphatic heterocycles. The quantitative estimate of drug-likeness (QED) is 0.589. The van der Waals surface area contributed by atoms with Gasteiger partial charge in [0.2, 0.25) is 0 Å². The van der Waals surface area contributed by atoms with Gasteiger partial charge in [0, 0.05) is 6.54 Å². The molecule has 10 nitrogen and oxygen atoms in total. The first-order valence-electron chi connectivity index (χ1n) is 9.60. The number of aliphatic hydroxyl groups is 2. The molecule has 11 heteroatoms. The van der Waals surface area contributed by atoms with Gasteiger partial charge in [-0.1, -0.05) is 29.1 Å². The molecule has 3 N–H and O–H groups in total. The Balaban J connectivity index is 1.36. The van der Waals surface area contributed by atoms with E-state index in [2.05, 4.69) is 26.7 Å². The largest absolute Gasteiger partial charge is 0.486 e. The molecule has 0 bridgehead atoms. The Morgan fingerprint density at radius 1 is 1.33 bits per heavy atom. The monoisotopic (exact) mass is 430 g/mol. The van der Waals surface area contributed by atoms with Crippen LogP contribution in [0.15, 0.2) is 35.5 Å². The summed E-state index contributed by atoms with van der Waals surface area (Å²) in [5.74, 6) is 0.476. The average Bonchev–Trinajstić information content (AvgIpc) is 3.37. The van der Waals surface area contributed by atoms with E-state index in [1.54, 1.807) is 35.1 Å². The van der Waals surface area contributed by atoms with Crippen LogP contribution in [0.5, 0.6) is 5.75 Å². The van der Waals surface area contributed by atoms with Crippen LogP contribution < -0.4 is 10.1 Å². The van der Waals surface area contributed by atoms with E-state index >= 15 is 0 Å². The lowest BCUT2D eigenvalue weighted by atomic mass is 9.98. The number of ether oxygens (including phenoxy) is 2. The molecule has 2 aliphatic rings. The lowest BCUT2D eigenvalue weighted by molar-refractivity contribution is -0.157. The Bertz CT molecular complexity index is 960. The SMILES string of the molecule is CCNC1=N[C@@H]2[C@@H](O)[C@H](O)[C@@H](Cn3cc(COc4ccccc4C#N)nn3)O[C@@H]2S1. The van der Waals surface area contributed by atoms with Crippen LogP contribution in [0.4, 0.5) is 0 Å². The lowest BCUT2D eigenvalue weighted by Gasteiger charge is -2.38. The van der Waals surface area contributed by atoms with Crippen molar-refractivity contribution < 1.29 is 19.7 Å². The highest BCUT2D eigenvalue weighted by Crippen LogP contribution is 2.36. The third-order valence-corrected chi connectivity index (χ3v) is 5.92. The predicted octanol–water partition coefficient (Wildman–Crippen LogP) is 0.256. The Morgan fingerprint density at radius 3 is 2.97 bits per heavy atom. The van der Waals surface area contributed by atoms with Crippen molar-refractivity contribution in [3.63, 3.8) is 0 Å². The number of thioether (sulfide) groups is 1. The number of hydrogen-bond donors (Lipinski definition) is 3. The van der Waals surface area contributed by atoms with Gasteiger partial charge < -0.3 is 25.0 Å². The summed E-state index contributed by atoms with van der Waals surface area (Å²) in [6.45, 7) is 3.05. The van der Waals surface area contributed by atoms with Crippen molar-refractivity contribution in [2.45, 2.75) is 49.9 Å². The van der Waals surface area contributed by atoms with E-state index in [0.717, 1.165) is 6.54 Å². The number of fused-ring (bicyclic) bond motifs is 1. The molecular formula is C19H22N6O4S. The second kappa shape index (κ2) is 9.01. The summed E-state index contributed by atoms with van der Waals surface area (Å²) in [6.07, 6.45) is -1.08. The van der Waals surface area contributed by atoms with Crippen molar-refractivity contribution >= 4 is 16.9 Å². The summed E-state index contributed by atoms with van der Waals surface area (Å²) in [5, 5.41) is 42.0. The van der Waals surface area contributed by atoms with Crippen LogP contribution in [0.2, 0.25) is 0 Å². The molecule has 0 aliphatic carbocycles. The molecule has 1 aromatic heterocycles. The number of aliphatic hydroxyl groups excluding tert-OH is 2. The van der Waals surface area contributed by atoms with Gasteiger partial charge in [-0.3, -0.25) is 4.99 Å². The van der Waals surface area contributed by atoms with Gasteiger partial charge in [-0.25, -0.2) is 4.68 Å². The Labute approximate surface area is 177 Å². The van der Waals surface area contributed by atoms with E-state index in [4.69, 9.17) is 14.7 Å². The molecule has 1 aromatic carbocycles. The number of nitriles is 1. The fraction of sp³-hybridized carbons (Fsp3) is 0.474. The molecule has 0 radical (unpaired) electrons. The van der Waals surface area contributed by atoms with Crippen LogP contribution >= 0.6 is 11.8 Å². The number of aromatic nitrogens is 3. The summed E-state index contributed by atoms with van der Waals surface area (Å²) in [4.78, 5) is 4.40. The molecule has 4 rings (SSSR count). The predicted molar refractivity (Wildman–Crippen MR) is 109 cm³/mol. The molecule has 3 heterocycles. The molecule has 0 saturated carbocycles. The third-order valence-electron chi connectivity index (χ3n) is 4.83. The van der Waals surface area contributed by atoms with E-state index in [1.165, 1.54) is 11.8 Å². The van der Waals surface area contributed by atoms with Crippen LogP contribution in [0.25, 0.3) is 0 Å². The number of rotatable bonds is 6. The van der Waals surface area contributed by atoms with Gasteiger partial charge in [-0.15, -0.1) is 5.10 Å². The van der Waals surface area contributed by atoms with Gasteiger partial charge in [-0.05, 0) is 19.1 Å². The van der Waals surface area contributed by atoms with Crippen LogP contribution in [0, 0.1) is 11.3 Å². The first-order chi connectivity index (χ1) is 14.6. The highest BCUT2D eigenvalue weighted by Gasteiger charge is 2.48. The number of aliphatic imine (C=N–C) groups is 1. The Hall–Kier alpha value is -2.65. The maximum Gasteiger partial charge on any atom is 0.159 e. The van der Waals surface area contributed by atoms with Crippen LogP contribution in [-0.4, -0.2) is 66.7 Å². The number of hydrogen-bond acceptors (Lipinski definition) is 10. The molecule has 30 heavy (non-hydrogen) atoms. The van der Waals surface area contributed by atoms with Gasteiger partial charge in [0.15, 0.2) is 5.17 Å². The fourth-order valence-corrected chi connectivity index (χ4v) is 4.52. The topological polar surface area (TPSA) is 138 Å². The molecule has 0 spiro atoms. The molecule has 0 amide bonds. The number of amidine groups is 1. The highest BCUT2D eigenvalue weighted by atomic mass is 32.2. The van der Waals surface area contributed by atoms with Gasteiger partial charge in [0.25, 0.3) is 0 Å². The number of nitrogens with one attached hydrogen (secondary N) is 1. The highest BCUT2D eigenvalue weighted by molar-refractivity contribution is 8.14. The summed E-state index contributed by atoms with van der Waals surface area (Å²) in [5.41, 5.74) is 0.649. The molecule has 1 saturated heterocycles. The zero-order valence-corrected chi connectivity index (χ0v) is 17.1. The summed E-state index contributed by atoms with van der Waals surface area (Å²) < 4.78 is 13.2. The van der Waals surface area contributed by atoms with Gasteiger partial charge >= 0.3 is 0 Å². The number of para-hydroxylation sites is 1. The van der Waals surface area contributed by atoms with E-state index in [-0.39, 0.29) is 18.6 Å². The average molecular weight is 430 g/mol. The minimum atomic E-state index is -1.09. The minimum absolute atomic E-state index is 0.149. The summed E-state index contributed by atoms with van der Waals surface area (Å²) >= 11 is 1.41. The second-order valence-electron chi connectivity index (χ2n) is 6.93. The van der Waals surface area contributed by atoms with Crippen molar-refractivity contribution in [3.8, 4) is 11.8 Å². The Kier molecular flexibility index (Phi) is 6.19. The standard InChI is InChI=1S/C19H22N6O4S/c1-2-21-19-22-15-17(27)16(26)14(29-18(15)30-19)9-25-8-12(23-24-25)10-28-13-6-4-3-5-11(13)7-20/h3-6,8,14-18,26-27H,2,9-10H2,1H3,(H,21,22)/t14-,15-,16-,17-,18-/m1/s1. The number of benzene rings is 1. The van der Waals surface area contributed by atoms with Crippen LogP contribution in [-0.2, 0) is 17.9 Å². The van der Waals surface area contributed by atoms with Crippen LogP contribution in [0.3, 0.4) is 0 Å².